The average molecular weight is 290 g/mol. The van der Waals surface area contributed by atoms with Gasteiger partial charge in [-0.05, 0) is 45.6 Å². The third-order valence-electron chi connectivity index (χ3n) is 3.95. The van der Waals surface area contributed by atoms with Crippen LogP contribution in [0.5, 0.6) is 0 Å². The van der Waals surface area contributed by atoms with E-state index in [2.05, 4.69) is 27.8 Å². The third kappa shape index (κ3) is 3.44. The van der Waals surface area contributed by atoms with Gasteiger partial charge in [0.1, 0.15) is 0 Å². The largest absolute Gasteiger partial charge is 0.374 e. The van der Waals surface area contributed by atoms with Crippen LogP contribution in [0.2, 0.25) is 0 Å². The molecule has 16 heavy (non-hydrogen) atoms. The Kier molecular flexibility index (Phi) is 5.11. The molecular formula is C13H24BrNO. The molecule has 2 aliphatic heterocycles. The summed E-state index contributed by atoms with van der Waals surface area (Å²) in [7, 11) is 0. The molecule has 0 N–H and O–H groups in total. The number of hydrogen-bond donors (Lipinski definition) is 0. The quantitative estimate of drug-likeness (QED) is 0.737. The summed E-state index contributed by atoms with van der Waals surface area (Å²) in [6.45, 7) is 4.65. The van der Waals surface area contributed by atoms with Crippen molar-refractivity contribution >= 4 is 15.9 Å². The summed E-state index contributed by atoms with van der Waals surface area (Å²) in [5.74, 6) is 0. The highest BCUT2D eigenvalue weighted by Gasteiger charge is 2.28. The maximum absolute atomic E-state index is 5.94. The summed E-state index contributed by atoms with van der Waals surface area (Å²) in [4.78, 5) is 2.67. The van der Waals surface area contributed by atoms with Crippen molar-refractivity contribution in [1.29, 1.82) is 0 Å². The van der Waals surface area contributed by atoms with Crippen molar-refractivity contribution in [3.8, 4) is 0 Å². The highest BCUT2D eigenvalue weighted by atomic mass is 79.9. The SMILES string of the molecule is CC1CCC(CN2CCCCC2CCBr)O1. The van der Waals surface area contributed by atoms with Gasteiger partial charge >= 0.3 is 0 Å². The van der Waals surface area contributed by atoms with E-state index in [-0.39, 0.29) is 0 Å². The number of alkyl halides is 1. The normalized spacial score (nSPS) is 36.8. The summed E-state index contributed by atoms with van der Waals surface area (Å²) in [5.41, 5.74) is 0. The van der Waals surface area contributed by atoms with Crippen LogP contribution in [0.1, 0.15) is 45.4 Å². The second kappa shape index (κ2) is 6.36. The molecule has 0 bridgehead atoms. The van der Waals surface area contributed by atoms with Crippen LogP contribution in [-0.2, 0) is 4.74 Å². The number of rotatable bonds is 4. The lowest BCUT2D eigenvalue weighted by Gasteiger charge is -2.37. The Bertz CT molecular complexity index is 210. The standard InChI is InChI=1S/C13H24BrNO/c1-11-5-6-13(16-11)10-15-9-3-2-4-12(15)7-8-14/h11-13H,2-10H2,1H3. The van der Waals surface area contributed by atoms with Crippen LogP contribution in [0.4, 0.5) is 0 Å². The highest BCUT2D eigenvalue weighted by molar-refractivity contribution is 9.09. The number of nitrogens with zero attached hydrogens (tertiary/aromatic N) is 1. The van der Waals surface area contributed by atoms with Gasteiger partial charge in [0.2, 0.25) is 0 Å². The predicted molar refractivity (Wildman–Crippen MR) is 71.2 cm³/mol. The molecule has 0 aromatic rings. The molecule has 0 spiro atoms. The van der Waals surface area contributed by atoms with E-state index >= 15 is 0 Å². The van der Waals surface area contributed by atoms with Crippen molar-refractivity contribution in [3.63, 3.8) is 0 Å². The van der Waals surface area contributed by atoms with Gasteiger partial charge in [-0.1, -0.05) is 22.4 Å². The zero-order chi connectivity index (χ0) is 11.4. The molecule has 2 rings (SSSR count). The Labute approximate surface area is 108 Å². The summed E-state index contributed by atoms with van der Waals surface area (Å²) in [6.07, 6.45) is 8.98. The molecule has 2 saturated heterocycles. The smallest absolute Gasteiger partial charge is 0.0706 e. The Morgan fingerprint density at radius 3 is 2.81 bits per heavy atom. The van der Waals surface area contributed by atoms with Crippen molar-refractivity contribution in [1.82, 2.24) is 4.90 Å². The molecule has 2 fully saturated rings. The van der Waals surface area contributed by atoms with Crippen LogP contribution in [-0.4, -0.2) is 41.6 Å². The molecule has 2 nitrogen and oxygen atoms in total. The number of piperidine rings is 1. The van der Waals surface area contributed by atoms with Gasteiger partial charge in [-0.15, -0.1) is 0 Å². The minimum atomic E-state index is 0.490. The molecule has 0 radical (unpaired) electrons. The highest BCUT2D eigenvalue weighted by Crippen LogP contribution is 2.25. The molecule has 2 aliphatic rings. The van der Waals surface area contributed by atoms with Gasteiger partial charge in [0.05, 0.1) is 12.2 Å². The van der Waals surface area contributed by atoms with E-state index < -0.39 is 0 Å². The van der Waals surface area contributed by atoms with Gasteiger partial charge in [0.25, 0.3) is 0 Å². The minimum absolute atomic E-state index is 0.490. The van der Waals surface area contributed by atoms with E-state index in [4.69, 9.17) is 4.74 Å². The Morgan fingerprint density at radius 1 is 1.25 bits per heavy atom. The van der Waals surface area contributed by atoms with Crippen LogP contribution >= 0.6 is 15.9 Å². The second-order valence-corrected chi connectivity index (χ2v) is 6.06. The minimum Gasteiger partial charge on any atom is -0.374 e. The first-order chi connectivity index (χ1) is 7.79. The molecule has 3 heteroatoms. The fourth-order valence-corrected chi connectivity index (χ4v) is 3.56. The van der Waals surface area contributed by atoms with Crippen molar-refractivity contribution in [2.75, 3.05) is 18.4 Å². The molecule has 3 atom stereocenters. The first-order valence-corrected chi connectivity index (χ1v) is 7.87. The van der Waals surface area contributed by atoms with Crippen LogP contribution in [0.3, 0.4) is 0 Å². The van der Waals surface area contributed by atoms with E-state index in [0.29, 0.717) is 12.2 Å². The molecule has 0 aromatic heterocycles. The lowest BCUT2D eigenvalue weighted by atomic mass is 9.99. The molecule has 94 valence electrons. The first-order valence-electron chi connectivity index (χ1n) is 6.75. The topological polar surface area (TPSA) is 12.5 Å². The number of halogens is 1. The van der Waals surface area contributed by atoms with E-state index in [9.17, 15) is 0 Å². The summed E-state index contributed by atoms with van der Waals surface area (Å²) < 4.78 is 5.94. The molecule has 0 aliphatic carbocycles. The van der Waals surface area contributed by atoms with Crippen molar-refractivity contribution in [2.45, 2.75) is 63.7 Å². The molecular weight excluding hydrogens is 266 g/mol. The Balaban J connectivity index is 1.81. The van der Waals surface area contributed by atoms with Crippen LogP contribution in [0, 0.1) is 0 Å². The van der Waals surface area contributed by atoms with Gasteiger partial charge in [-0.25, -0.2) is 0 Å². The second-order valence-electron chi connectivity index (χ2n) is 5.27. The molecule has 0 amide bonds. The fraction of sp³-hybridized carbons (Fsp3) is 1.00. The molecule has 0 aromatic carbocycles. The van der Waals surface area contributed by atoms with E-state index in [1.807, 2.05) is 0 Å². The Hall–Kier alpha value is 0.400. The van der Waals surface area contributed by atoms with Crippen molar-refractivity contribution < 1.29 is 4.74 Å². The van der Waals surface area contributed by atoms with E-state index in [0.717, 1.165) is 11.4 Å². The van der Waals surface area contributed by atoms with Crippen LogP contribution in [0.25, 0.3) is 0 Å². The summed E-state index contributed by atoms with van der Waals surface area (Å²) in [6, 6.07) is 0.799. The van der Waals surface area contributed by atoms with Crippen LogP contribution < -0.4 is 0 Å². The lowest BCUT2D eigenvalue weighted by molar-refractivity contribution is 0.0133. The van der Waals surface area contributed by atoms with Gasteiger partial charge < -0.3 is 4.74 Å². The zero-order valence-corrected chi connectivity index (χ0v) is 11.9. The number of likely N-dealkylation sites (tertiary alicyclic amines) is 1. The first kappa shape index (κ1) is 12.8. The number of hydrogen-bond acceptors (Lipinski definition) is 2. The molecule has 0 saturated carbocycles. The van der Waals surface area contributed by atoms with Crippen LogP contribution in [0.15, 0.2) is 0 Å². The van der Waals surface area contributed by atoms with Gasteiger partial charge in [-0.2, -0.15) is 0 Å². The number of ether oxygens (including phenoxy) is 1. The predicted octanol–water partition coefficient (Wildman–Crippen LogP) is 3.19. The monoisotopic (exact) mass is 289 g/mol. The van der Waals surface area contributed by atoms with E-state index in [1.165, 1.54) is 51.6 Å². The molecule has 2 heterocycles. The lowest BCUT2D eigenvalue weighted by Crippen LogP contribution is -2.43. The maximum Gasteiger partial charge on any atom is 0.0706 e. The van der Waals surface area contributed by atoms with Gasteiger partial charge in [0.15, 0.2) is 0 Å². The average Bonchev–Trinajstić information content (AvgIpc) is 2.67. The fourth-order valence-electron chi connectivity index (χ4n) is 3.03. The summed E-state index contributed by atoms with van der Waals surface area (Å²) in [5, 5.41) is 1.14. The van der Waals surface area contributed by atoms with Gasteiger partial charge in [-0.3, -0.25) is 4.90 Å². The molecule has 3 unspecified atom stereocenters. The Morgan fingerprint density at radius 2 is 2.12 bits per heavy atom. The third-order valence-corrected chi connectivity index (χ3v) is 4.41. The van der Waals surface area contributed by atoms with Crippen molar-refractivity contribution in [2.24, 2.45) is 0 Å². The van der Waals surface area contributed by atoms with Gasteiger partial charge in [0, 0.05) is 17.9 Å². The summed E-state index contributed by atoms with van der Waals surface area (Å²) >= 11 is 3.58. The zero-order valence-electron chi connectivity index (χ0n) is 10.3. The maximum atomic E-state index is 5.94. The van der Waals surface area contributed by atoms with Crippen molar-refractivity contribution in [3.05, 3.63) is 0 Å². The van der Waals surface area contributed by atoms with E-state index in [1.54, 1.807) is 0 Å².